The second-order valence-electron chi connectivity index (χ2n) is 5.01. The van der Waals surface area contributed by atoms with E-state index in [9.17, 15) is 8.78 Å². The number of alkyl halides is 2. The third-order valence-electron chi connectivity index (χ3n) is 3.80. The van der Waals surface area contributed by atoms with Crippen LogP contribution in [0.15, 0.2) is 24.3 Å². The maximum atomic E-state index is 12.6. The number of halogens is 2. The molecule has 1 fully saturated rings. The molecule has 2 atom stereocenters. The van der Waals surface area contributed by atoms with Gasteiger partial charge >= 0.3 is 0 Å². The molecule has 20 heavy (non-hydrogen) atoms. The number of benzene rings is 1. The van der Waals surface area contributed by atoms with Crippen molar-refractivity contribution in [3.8, 4) is 0 Å². The number of hydrogen-bond donors (Lipinski definition) is 1. The van der Waals surface area contributed by atoms with Gasteiger partial charge in [0.1, 0.15) is 0 Å². The van der Waals surface area contributed by atoms with Crippen LogP contribution in [0.5, 0.6) is 0 Å². The molecule has 3 nitrogen and oxygen atoms in total. The van der Waals surface area contributed by atoms with Gasteiger partial charge in [0.25, 0.3) is 6.43 Å². The molecule has 0 spiro atoms. The molecule has 2 unspecified atom stereocenters. The maximum Gasteiger partial charge on any atom is 0.263 e. The van der Waals surface area contributed by atoms with Crippen molar-refractivity contribution >= 4 is 0 Å². The minimum Gasteiger partial charge on any atom is -0.374 e. The molecule has 112 valence electrons. The predicted octanol–water partition coefficient (Wildman–Crippen LogP) is 2.61. The molecule has 1 aliphatic rings. The van der Waals surface area contributed by atoms with Gasteiger partial charge in [0.05, 0.1) is 18.8 Å². The van der Waals surface area contributed by atoms with E-state index in [2.05, 4.69) is 17.1 Å². The largest absolute Gasteiger partial charge is 0.374 e. The van der Waals surface area contributed by atoms with Gasteiger partial charge in [-0.3, -0.25) is 4.90 Å². The predicted molar refractivity (Wildman–Crippen MR) is 75.1 cm³/mol. The monoisotopic (exact) mass is 284 g/mol. The minimum atomic E-state index is -2.41. The highest BCUT2D eigenvalue weighted by atomic mass is 19.3. The van der Waals surface area contributed by atoms with Crippen molar-refractivity contribution in [1.29, 1.82) is 0 Å². The average molecular weight is 284 g/mol. The topological polar surface area (TPSA) is 24.5 Å². The number of nitrogens with zero attached hydrogens (tertiary/aromatic N) is 1. The van der Waals surface area contributed by atoms with Crippen LogP contribution < -0.4 is 5.32 Å². The van der Waals surface area contributed by atoms with Crippen LogP contribution in [0.2, 0.25) is 0 Å². The molecule has 0 saturated carbocycles. The summed E-state index contributed by atoms with van der Waals surface area (Å²) in [5.41, 5.74) is 1.11. The molecule has 0 amide bonds. The lowest BCUT2D eigenvalue weighted by Gasteiger charge is -2.41. The van der Waals surface area contributed by atoms with Crippen LogP contribution in [0.25, 0.3) is 0 Å². The number of likely N-dealkylation sites (N-methyl/N-ethyl adjacent to an activating group) is 2. The van der Waals surface area contributed by atoms with Gasteiger partial charge < -0.3 is 10.1 Å². The fraction of sp³-hybridized carbons (Fsp3) is 0.600. The first kappa shape index (κ1) is 15.4. The van der Waals surface area contributed by atoms with Crippen LogP contribution in [0, 0.1) is 0 Å². The Morgan fingerprint density at radius 1 is 1.35 bits per heavy atom. The average Bonchev–Trinajstić information content (AvgIpc) is 2.47. The molecule has 1 heterocycles. The number of nitrogens with one attached hydrogen (secondary N) is 1. The minimum absolute atomic E-state index is 0.0473. The standard InChI is InChI=1S/C15H22F2N2O/c1-3-19-8-9-20-13(10-18-2)14(19)11-4-6-12(7-5-11)15(16)17/h4-7,13-15,18H,3,8-10H2,1-2H3. The van der Waals surface area contributed by atoms with Gasteiger partial charge in [0, 0.05) is 18.7 Å². The molecule has 0 aromatic heterocycles. The summed E-state index contributed by atoms with van der Waals surface area (Å²) in [7, 11) is 1.89. The zero-order valence-corrected chi connectivity index (χ0v) is 12.0. The summed E-state index contributed by atoms with van der Waals surface area (Å²) in [4.78, 5) is 2.34. The van der Waals surface area contributed by atoms with E-state index in [1.165, 1.54) is 12.1 Å². The Bertz CT molecular complexity index is 409. The zero-order chi connectivity index (χ0) is 14.5. The van der Waals surface area contributed by atoms with Gasteiger partial charge in [-0.1, -0.05) is 31.2 Å². The van der Waals surface area contributed by atoms with E-state index < -0.39 is 6.43 Å². The van der Waals surface area contributed by atoms with E-state index in [4.69, 9.17) is 4.74 Å². The van der Waals surface area contributed by atoms with Crippen LogP contribution >= 0.6 is 0 Å². The highest BCUT2D eigenvalue weighted by Gasteiger charge is 2.32. The SMILES string of the molecule is CCN1CCOC(CNC)C1c1ccc(C(F)F)cc1. The molecule has 2 rings (SSSR count). The van der Waals surface area contributed by atoms with E-state index in [1.807, 2.05) is 7.05 Å². The van der Waals surface area contributed by atoms with Crippen LogP contribution in [0.3, 0.4) is 0 Å². The molecule has 1 aliphatic heterocycles. The molecule has 1 aromatic carbocycles. The fourth-order valence-corrected chi connectivity index (χ4v) is 2.78. The maximum absolute atomic E-state index is 12.6. The summed E-state index contributed by atoms with van der Waals surface area (Å²) < 4.78 is 31.1. The smallest absolute Gasteiger partial charge is 0.263 e. The Labute approximate surface area is 118 Å². The van der Waals surface area contributed by atoms with Crippen molar-refractivity contribution < 1.29 is 13.5 Å². The van der Waals surface area contributed by atoms with Crippen LogP contribution in [0.4, 0.5) is 8.78 Å². The van der Waals surface area contributed by atoms with Crippen molar-refractivity contribution in [1.82, 2.24) is 10.2 Å². The summed E-state index contributed by atoms with van der Waals surface area (Å²) in [6, 6.07) is 6.74. The number of hydrogen-bond acceptors (Lipinski definition) is 3. The molecule has 1 aromatic rings. The number of ether oxygens (including phenoxy) is 1. The zero-order valence-electron chi connectivity index (χ0n) is 12.0. The van der Waals surface area contributed by atoms with Crippen LogP contribution in [0.1, 0.15) is 30.5 Å². The van der Waals surface area contributed by atoms with Gasteiger partial charge in [-0.15, -0.1) is 0 Å². The summed E-state index contributed by atoms with van der Waals surface area (Å²) in [5.74, 6) is 0. The Kier molecular flexibility index (Phi) is 5.46. The molecular weight excluding hydrogens is 262 g/mol. The van der Waals surface area contributed by atoms with Gasteiger partial charge in [0.15, 0.2) is 0 Å². The lowest BCUT2D eigenvalue weighted by molar-refractivity contribution is -0.0686. The fourth-order valence-electron chi connectivity index (χ4n) is 2.78. The van der Waals surface area contributed by atoms with Crippen molar-refractivity contribution in [2.45, 2.75) is 25.5 Å². The highest BCUT2D eigenvalue weighted by molar-refractivity contribution is 5.27. The first-order valence-corrected chi connectivity index (χ1v) is 7.05. The lowest BCUT2D eigenvalue weighted by atomic mass is 9.97. The van der Waals surface area contributed by atoms with E-state index in [1.54, 1.807) is 12.1 Å². The summed E-state index contributed by atoms with van der Waals surface area (Å²) >= 11 is 0. The van der Waals surface area contributed by atoms with E-state index >= 15 is 0 Å². The third kappa shape index (κ3) is 3.34. The third-order valence-corrected chi connectivity index (χ3v) is 3.80. The highest BCUT2D eigenvalue weighted by Crippen LogP contribution is 2.30. The van der Waals surface area contributed by atoms with Crippen molar-refractivity contribution in [2.24, 2.45) is 0 Å². The Morgan fingerprint density at radius 2 is 2.05 bits per heavy atom. The molecule has 0 radical (unpaired) electrons. The Morgan fingerprint density at radius 3 is 2.60 bits per heavy atom. The molecule has 5 heteroatoms. The van der Waals surface area contributed by atoms with Gasteiger partial charge in [-0.05, 0) is 19.2 Å². The second-order valence-corrected chi connectivity index (χ2v) is 5.01. The number of rotatable bonds is 5. The van der Waals surface area contributed by atoms with E-state index in [-0.39, 0.29) is 17.7 Å². The van der Waals surface area contributed by atoms with Gasteiger partial charge in [0.2, 0.25) is 0 Å². The molecule has 1 N–H and O–H groups in total. The normalized spacial score (nSPS) is 24.2. The van der Waals surface area contributed by atoms with Crippen molar-refractivity contribution in [2.75, 3.05) is 33.3 Å². The lowest BCUT2D eigenvalue weighted by Crippen LogP contribution is -2.48. The molecular formula is C15H22F2N2O. The second kappa shape index (κ2) is 7.11. The van der Waals surface area contributed by atoms with E-state index in [0.717, 1.165) is 25.2 Å². The molecule has 1 saturated heterocycles. The summed E-state index contributed by atoms with van der Waals surface area (Å²) in [5, 5.41) is 3.14. The molecule has 0 aliphatic carbocycles. The summed E-state index contributed by atoms with van der Waals surface area (Å²) in [6.45, 7) is 5.37. The summed E-state index contributed by atoms with van der Waals surface area (Å²) in [6.07, 6.45) is -2.37. The Hall–Kier alpha value is -1.04. The quantitative estimate of drug-likeness (QED) is 0.899. The van der Waals surface area contributed by atoms with Crippen molar-refractivity contribution in [3.05, 3.63) is 35.4 Å². The van der Waals surface area contributed by atoms with Crippen molar-refractivity contribution in [3.63, 3.8) is 0 Å². The Balaban J connectivity index is 2.23. The first-order chi connectivity index (χ1) is 9.67. The van der Waals surface area contributed by atoms with Gasteiger partial charge in [-0.2, -0.15) is 0 Å². The van der Waals surface area contributed by atoms with E-state index in [0.29, 0.717) is 6.61 Å². The first-order valence-electron chi connectivity index (χ1n) is 7.05. The van der Waals surface area contributed by atoms with Gasteiger partial charge in [-0.25, -0.2) is 8.78 Å². The number of morpholine rings is 1. The molecule has 0 bridgehead atoms. The van der Waals surface area contributed by atoms with Crippen LogP contribution in [-0.4, -0.2) is 44.3 Å². The van der Waals surface area contributed by atoms with Crippen LogP contribution in [-0.2, 0) is 4.74 Å².